The fourth-order valence-corrected chi connectivity index (χ4v) is 3.63. The van der Waals surface area contributed by atoms with Gasteiger partial charge in [0.05, 0.1) is 4.92 Å². The number of carbonyl (C=O) groups excluding carboxylic acids is 1. The molecule has 1 fully saturated rings. The minimum absolute atomic E-state index is 0.0644. The molecule has 0 saturated carbocycles. The SMILES string of the molecule is O=C(c1ccc(COc2ccccc2[N+](=O)[O-])o1)N1CCN(Cc2cccc(F)c2F)CC1. The van der Waals surface area contributed by atoms with E-state index in [1.54, 1.807) is 29.2 Å². The minimum Gasteiger partial charge on any atom is -0.479 e. The Kier molecular flexibility index (Phi) is 6.64. The summed E-state index contributed by atoms with van der Waals surface area (Å²) in [6.07, 6.45) is 0. The van der Waals surface area contributed by atoms with Crippen LogP contribution in [0.1, 0.15) is 21.9 Å². The zero-order valence-corrected chi connectivity index (χ0v) is 17.6. The van der Waals surface area contributed by atoms with Gasteiger partial charge in [0, 0.05) is 44.4 Å². The van der Waals surface area contributed by atoms with Crippen LogP contribution in [-0.4, -0.2) is 46.8 Å². The third kappa shape index (κ3) is 5.17. The number of hydrogen-bond acceptors (Lipinski definition) is 6. The average Bonchev–Trinajstić information content (AvgIpc) is 3.30. The van der Waals surface area contributed by atoms with Gasteiger partial charge in [-0.25, -0.2) is 8.78 Å². The van der Waals surface area contributed by atoms with E-state index >= 15 is 0 Å². The number of halogens is 2. The molecule has 0 aliphatic carbocycles. The van der Waals surface area contributed by atoms with Crippen LogP contribution in [0.3, 0.4) is 0 Å². The van der Waals surface area contributed by atoms with Gasteiger partial charge in [-0.2, -0.15) is 0 Å². The van der Waals surface area contributed by atoms with Crippen LogP contribution in [-0.2, 0) is 13.2 Å². The first-order chi connectivity index (χ1) is 15.9. The molecule has 10 heteroatoms. The van der Waals surface area contributed by atoms with Crippen LogP contribution in [0.4, 0.5) is 14.5 Å². The molecule has 1 aliphatic heterocycles. The van der Waals surface area contributed by atoms with Gasteiger partial charge in [-0.3, -0.25) is 19.8 Å². The van der Waals surface area contributed by atoms with Crippen LogP contribution in [0.25, 0.3) is 0 Å². The maximum absolute atomic E-state index is 13.9. The summed E-state index contributed by atoms with van der Waals surface area (Å²) in [5.41, 5.74) is 0.125. The minimum atomic E-state index is -0.874. The first kappa shape index (κ1) is 22.4. The summed E-state index contributed by atoms with van der Waals surface area (Å²) in [7, 11) is 0. The predicted octanol–water partition coefficient (Wildman–Crippen LogP) is 4.00. The lowest BCUT2D eigenvalue weighted by atomic mass is 10.1. The Bertz CT molecular complexity index is 1160. The van der Waals surface area contributed by atoms with Gasteiger partial charge in [0.1, 0.15) is 12.4 Å². The standard InChI is InChI=1S/C23H21F2N3O5/c24-18-5-3-4-16(22(18)25)14-26-10-12-27(13-11-26)23(29)21-9-8-17(33-21)15-32-20-7-2-1-6-19(20)28(30)31/h1-9H,10-15H2. The van der Waals surface area contributed by atoms with E-state index in [0.717, 1.165) is 6.07 Å². The number of furan rings is 1. The van der Waals surface area contributed by atoms with Gasteiger partial charge in [0.25, 0.3) is 5.91 Å². The zero-order chi connectivity index (χ0) is 23.4. The Morgan fingerprint density at radius 2 is 1.79 bits per heavy atom. The van der Waals surface area contributed by atoms with Crippen LogP contribution in [0.15, 0.2) is 59.0 Å². The molecule has 33 heavy (non-hydrogen) atoms. The van der Waals surface area contributed by atoms with Crippen molar-refractivity contribution >= 4 is 11.6 Å². The zero-order valence-electron chi connectivity index (χ0n) is 17.6. The summed E-state index contributed by atoms with van der Waals surface area (Å²) in [4.78, 5) is 26.9. The van der Waals surface area contributed by atoms with Gasteiger partial charge in [-0.05, 0) is 24.3 Å². The first-order valence-electron chi connectivity index (χ1n) is 10.3. The van der Waals surface area contributed by atoms with E-state index in [2.05, 4.69) is 0 Å². The Balaban J connectivity index is 1.31. The summed E-state index contributed by atoms with van der Waals surface area (Å²) in [5.74, 6) is -1.40. The lowest BCUT2D eigenvalue weighted by Gasteiger charge is -2.34. The van der Waals surface area contributed by atoms with E-state index in [0.29, 0.717) is 31.9 Å². The number of benzene rings is 2. The van der Waals surface area contributed by atoms with Crippen molar-refractivity contribution in [2.75, 3.05) is 26.2 Å². The van der Waals surface area contributed by atoms with Crippen LogP contribution in [0.5, 0.6) is 5.75 Å². The van der Waals surface area contributed by atoms with Crippen molar-refractivity contribution < 1.29 is 27.7 Å². The lowest BCUT2D eigenvalue weighted by molar-refractivity contribution is -0.386. The molecule has 2 aromatic carbocycles. The van der Waals surface area contributed by atoms with E-state index in [1.165, 1.54) is 24.3 Å². The van der Waals surface area contributed by atoms with E-state index in [-0.39, 0.29) is 41.8 Å². The number of carbonyl (C=O) groups is 1. The molecule has 1 saturated heterocycles. The highest BCUT2D eigenvalue weighted by Gasteiger charge is 2.25. The molecule has 4 rings (SSSR count). The smallest absolute Gasteiger partial charge is 0.310 e. The maximum Gasteiger partial charge on any atom is 0.310 e. The molecule has 0 radical (unpaired) electrons. The summed E-state index contributed by atoms with van der Waals surface area (Å²) < 4.78 is 38.4. The molecule has 1 aromatic heterocycles. The molecular formula is C23H21F2N3O5. The topological polar surface area (TPSA) is 89.1 Å². The van der Waals surface area contributed by atoms with Crippen molar-refractivity contribution in [3.8, 4) is 5.75 Å². The molecule has 8 nitrogen and oxygen atoms in total. The number of piperazine rings is 1. The molecule has 0 atom stereocenters. The number of rotatable bonds is 7. The number of nitro groups is 1. The number of ether oxygens (including phenoxy) is 1. The lowest BCUT2D eigenvalue weighted by Crippen LogP contribution is -2.48. The summed E-state index contributed by atoms with van der Waals surface area (Å²) in [5, 5.41) is 11.1. The third-order valence-electron chi connectivity index (χ3n) is 5.39. The summed E-state index contributed by atoms with van der Waals surface area (Å²) in [6.45, 7) is 2.05. The Morgan fingerprint density at radius 1 is 1.03 bits per heavy atom. The molecule has 0 unspecified atom stereocenters. The van der Waals surface area contributed by atoms with Crippen molar-refractivity contribution in [2.24, 2.45) is 0 Å². The molecule has 172 valence electrons. The van der Waals surface area contributed by atoms with Gasteiger partial charge in [-0.1, -0.05) is 24.3 Å². The van der Waals surface area contributed by atoms with Crippen molar-refractivity contribution in [3.63, 3.8) is 0 Å². The largest absolute Gasteiger partial charge is 0.479 e. The predicted molar refractivity (Wildman–Crippen MR) is 114 cm³/mol. The van der Waals surface area contributed by atoms with Gasteiger partial charge >= 0.3 is 5.69 Å². The fourth-order valence-electron chi connectivity index (χ4n) is 3.63. The van der Waals surface area contributed by atoms with Crippen molar-refractivity contribution in [3.05, 3.63) is 93.4 Å². The van der Waals surface area contributed by atoms with Crippen LogP contribution in [0.2, 0.25) is 0 Å². The molecule has 3 aromatic rings. The Morgan fingerprint density at radius 3 is 2.55 bits per heavy atom. The molecular weight excluding hydrogens is 436 g/mol. The normalized spacial score (nSPS) is 14.3. The van der Waals surface area contributed by atoms with Crippen LogP contribution < -0.4 is 4.74 Å². The molecule has 0 spiro atoms. The van der Waals surface area contributed by atoms with E-state index in [4.69, 9.17) is 9.15 Å². The maximum atomic E-state index is 13.9. The highest BCUT2D eigenvalue weighted by atomic mass is 19.2. The second-order valence-corrected chi connectivity index (χ2v) is 7.56. The summed E-state index contributed by atoms with van der Waals surface area (Å²) >= 11 is 0. The number of para-hydroxylation sites is 2. The molecule has 0 bridgehead atoms. The fraction of sp³-hybridized carbons (Fsp3) is 0.261. The Labute approximate surface area is 188 Å². The van der Waals surface area contributed by atoms with Crippen molar-refractivity contribution in [1.29, 1.82) is 0 Å². The molecule has 1 amide bonds. The second-order valence-electron chi connectivity index (χ2n) is 7.56. The number of nitro benzene ring substituents is 1. The van der Waals surface area contributed by atoms with E-state index in [1.807, 2.05) is 4.90 Å². The van der Waals surface area contributed by atoms with Crippen molar-refractivity contribution in [1.82, 2.24) is 9.80 Å². The number of amides is 1. The first-order valence-corrected chi connectivity index (χ1v) is 10.3. The third-order valence-corrected chi connectivity index (χ3v) is 5.39. The second kappa shape index (κ2) is 9.78. The molecule has 0 N–H and O–H groups in total. The number of nitrogens with zero attached hydrogens (tertiary/aromatic N) is 3. The Hall–Kier alpha value is -3.79. The quantitative estimate of drug-likeness (QED) is 0.394. The summed E-state index contributed by atoms with van der Waals surface area (Å²) in [6, 6.07) is 13.2. The average molecular weight is 457 g/mol. The highest BCUT2D eigenvalue weighted by Crippen LogP contribution is 2.27. The monoisotopic (exact) mass is 457 g/mol. The van der Waals surface area contributed by atoms with Gasteiger partial charge in [0.2, 0.25) is 0 Å². The van der Waals surface area contributed by atoms with Gasteiger partial charge in [-0.15, -0.1) is 0 Å². The van der Waals surface area contributed by atoms with Gasteiger partial charge < -0.3 is 14.1 Å². The highest BCUT2D eigenvalue weighted by molar-refractivity contribution is 5.91. The van der Waals surface area contributed by atoms with Crippen LogP contribution in [0, 0.1) is 21.7 Å². The van der Waals surface area contributed by atoms with Gasteiger partial charge in [0.15, 0.2) is 23.1 Å². The van der Waals surface area contributed by atoms with Crippen LogP contribution >= 0.6 is 0 Å². The van der Waals surface area contributed by atoms with Crippen molar-refractivity contribution in [2.45, 2.75) is 13.2 Å². The van der Waals surface area contributed by atoms with E-state index in [9.17, 15) is 23.7 Å². The molecule has 2 heterocycles. The van der Waals surface area contributed by atoms with E-state index < -0.39 is 16.6 Å². The number of hydrogen-bond donors (Lipinski definition) is 0. The molecule has 1 aliphatic rings.